The lowest BCUT2D eigenvalue weighted by Gasteiger charge is -2.09. The van der Waals surface area contributed by atoms with Gasteiger partial charge in [0.1, 0.15) is 0 Å². The summed E-state index contributed by atoms with van der Waals surface area (Å²) in [5, 5.41) is 0. The molecule has 1 aliphatic rings. The third-order valence-corrected chi connectivity index (χ3v) is 2.79. The average Bonchev–Trinajstić information content (AvgIpc) is 2.57. The molecule has 0 aromatic heterocycles. The lowest BCUT2D eigenvalue weighted by molar-refractivity contribution is 0.0843. The molecular formula is C13H16O3. The molecule has 86 valence electrons. The fourth-order valence-corrected chi connectivity index (χ4v) is 2.02. The minimum atomic E-state index is -0.323. The molecule has 0 saturated carbocycles. The molecule has 0 radical (unpaired) electrons. The molecule has 1 atom stereocenters. The van der Waals surface area contributed by atoms with Gasteiger partial charge in [0.2, 0.25) is 5.78 Å². The summed E-state index contributed by atoms with van der Waals surface area (Å²) in [7, 11) is 1.59. The van der Waals surface area contributed by atoms with Gasteiger partial charge in [0.05, 0.1) is 12.7 Å². The monoisotopic (exact) mass is 220 g/mol. The van der Waals surface area contributed by atoms with Crippen molar-refractivity contribution in [1.29, 1.82) is 0 Å². The highest BCUT2D eigenvalue weighted by molar-refractivity contribution is 6.05. The summed E-state index contributed by atoms with van der Waals surface area (Å²) >= 11 is 0. The standard InChI is InChI=1S/C13H16O3/c1-4-5-10-12(14)9-6-8(2)7-11(15-3)13(9)16-10/h6-7,10H,4-5H2,1-3H3. The highest BCUT2D eigenvalue weighted by Gasteiger charge is 2.34. The number of methoxy groups -OCH3 is 1. The molecule has 0 spiro atoms. The number of Topliss-reactive ketones (excluding diaryl/α,β-unsaturated/α-hetero) is 1. The second-order valence-electron chi connectivity index (χ2n) is 4.10. The molecule has 0 bridgehead atoms. The summed E-state index contributed by atoms with van der Waals surface area (Å²) in [4.78, 5) is 12.0. The molecule has 0 saturated heterocycles. The van der Waals surface area contributed by atoms with E-state index in [1.54, 1.807) is 7.11 Å². The molecule has 0 aliphatic carbocycles. The zero-order chi connectivity index (χ0) is 11.7. The van der Waals surface area contributed by atoms with E-state index in [1.807, 2.05) is 26.0 Å². The Morgan fingerprint density at radius 3 is 2.81 bits per heavy atom. The Hall–Kier alpha value is -1.51. The van der Waals surface area contributed by atoms with Crippen LogP contribution in [0, 0.1) is 6.92 Å². The van der Waals surface area contributed by atoms with E-state index in [9.17, 15) is 4.79 Å². The van der Waals surface area contributed by atoms with Crippen LogP contribution in [0.4, 0.5) is 0 Å². The van der Waals surface area contributed by atoms with Gasteiger partial charge in [-0.25, -0.2) is 0 Å². The predicted octanol–water partition coefficient (Wildman–Crippen LogP) is 2.75. The first-order chi connectivity index (χ1) is 7.67. The van der Waals surface area contributed by atoms with Gasteiger partial charge < -0.3 is 9.47 Å². The van der Waals surface area contributed by atoms with Gasteiger partial charge in [0.25, 0.3) is 0 Å². The summed E-state index contributed by atoms with van der Waals surface area (Å²) in [6, 6.07) is 3.76. The molecule has 3 nitrogen and oxygen atoms in total. The molecule has 1 aromatic rings. The Morgan fingerprint density at radius 1 is 1.44 bits per heavy atom. The van der Waals surface area contributed by atoms with Gasteiger partial charge in [0.15, 0.2) is 17.6 Å². The van der Waals surface area contributed by atoms with E-state index in [1.165, 1.54) is 0 Å². The van der Waals surface area contributed by atoms with E-state index >= 15 is 0 Å². The van der Waals surface area contributed by atoms with Crippen LogP contribution in [0.3, 0.4) is 0 Å². The first kappa shape index (κ1) is 11.0. The molecular weight excluding hydrogens is 204 g/mol. The van der Waals surface area contributed by atoms with Crippen molar-refractivity contribution in [2.24, 2.45) is 0 Å². The van der Waals surface area contributed by atoms with Crippen molar-refractivity contribution >= 4 is 5.78 Å². The Kier molecular flexibility index (Phi) is 2.86. The first-order valence-corrected chi connectivity index (χ1v) is 5.57. The fourth-order valence-electron chi connectivity index (χ4n) is 2.02. The summed E-state index contributed by atoms with van der Waals surface area (Å²) < 4.78 is 10.9. The number of hydrogen-bond acceptors (Lipinski definition) is 3. The Balaban J connectivity index is 2.42. The summed E-state index contributed by atoms with van der Waals surface area (Å²) in [6.45, 7) is 3.99. The third kappa shape index (κ3) is 1.66. The van der Waals surface area contributed by atoms with Crippen LogP contribution in [0.25, 0.3) is 0 Å². The van der Waals surface area contributed by atoms with Gasteiger partial charge in [-0.05, 0) is 31.0 Å². The highest BCUT2D eigenvalue weighted by atomic mass is 16.5. The average molecular weight is 220 g/mol. The van der Waals surface area contributed by atoms with E-state index in [-0.39, 0.29) is 11.9 Å². The second-order valence-corrected chi connectivity index (χ2v) is 4.10. The van der Waals surface area contributed by atoms with Crippen molar-refractivity contribution in [2.75, 3.05) is 7.11 Å². The maximum atomic E-state index is 12.0. The van der Waals surface area contributed by atoms with E-state index in [0.29, 0.717) is 17.1 Å². The molecule has 1 heterocycles. The molecule has 1 aromatic carbocycles. The smallest absolute Gasteiger partial charge is 0.207 e. The molecule has 1 unspecified atom stereocenters. The molecule has 3 heteroatoms. The Morgan fingerprint density at radius 2 is 2.19 bits per heavy atom. The summed E-state index contributed by atoms with van der Waals surface area (Å²) in [5.74, 6) is 1.34. The lowest BCUT2D eigenvalue weighted by Crippen LogP contribution is -2.19. The largest absolute Gasteiger partial charge is 0.493 e. The highest BCUT2D eigenvalue weighted by Crippen LogP contribution is 2.39. The van der Waals surface area contributed by atoms with Gasteiger partial charge in [-0.2, -0.15) is 0 Å². The van der Waals surface area contributed by atoms with Crippen molar-refractivity contribution in [1.82, 2.24) is 0 Å². The minimum absolute atomic E-state index is 0.0823. The maximum Gasteiger partial charge on any atom is 0.207 e. The number of aryl methyl sites for hydroxylation is 1. The van der Waals surface area contributed by atoms with Crippen LogP contribution in [0.5, 0.6) is 11.5 Å². The van der Waals surface area contributed by atoms with Crippen molar-refractivity contribution in [3.8, 4) is 11.5 Å². The SMILES string of the molecule is CCCC1Oc2c(OC)cc(C)cc2C1=O. The van der Waals surface area contributed by atoms with Crippen molar-refractivity contribution < 1.29 is 14.3 Å². The van der Waals surface area contributed by atoms with Gasteiger partial charge in [0, 0.05) is 0 Å². The number of rotatable bonds is 3. The minimum Gasteiger partial charge on any atom is -0.493 e. The first-order valence-electron chi connectivity index (χ1n) is 5.57. The van der Waals surface area contributed by atoms with Gasteiger partial charge in [-0.3, -0.25) is 4.79 Å². The quantitative estimate of drug-likeness (QED) is 0.785. The summed E-state index contributed by atoms with van der Waals surface area (Å²) in [5.41, 5.74) is 1.68. The number of ketones is 1. The van der Waals surface area contributed by atoms with Gasteiger partial charge >= 0.3 is 0 Å². The predicted molar refractivity (Wildman–Crippen MR) is 61.4 cm³/mol. The van der Waals surface area contributed by atoms with E-state index in [0.717, 1.165) is 18.4 Å². The topological polar surface area (TPSA) is 35.5 Å². The molecule has 1 aliphatic heterocycles. The van der Waals surface area contributed by atoms with Crippen LogP contribution in [0.2, 0.25) is 0 Å². The van der Waals surface area contributed by atoms with Crippen LogP contribution in [0.1, 0.15) is 35.7 Å². The third-order valence-electron chi connectivity index (χ3n) is 2.79. The van der Waals surface area contributed by atoms with Crippen LogP contribution in [-0.2, 0) is 0 Å². The second kappa shape index (κ2) is 4.16. The zero-order valence-electron chi connectivity index (χ0n) is 9.87. The molecule has 0 fully saturated rings. The lowest BCUT2D eigenvalue weighted by atomic mass is 10.0. The van der Waals surface area contributed by atoms with Gasteiger partial charge in [-0.1, -0.05) is 13.3 Å². The van der Waals surface area contributed by atoms with Crippen molar-refractivity contribution in [2.45, 2.75) is 32.8 Å². The molecule has 16 heavy (non-hydrogen) atoms. The zero-order valence-corrected chi connectivity index (χ0v) is 9.87. The Labute approximate surface area is 95.4 Å². The van der Waals surface area contributed by atoms with E-state index in [2.05, 4.69) is 0 Å². The number of fused-ring (bicyclic) bond motifs is 1. The van der Waals surface area contributed by atoms with Crippen molar-refractivity contribution in [3.05, 3.63) is 23.3 Å². The number of carbonyl (C=O) groups excluding carboxylic acids is 1. The van der Waals surface area contributed by atoms with E-state index in [4.69, 9.17) is 9.47 Å². The van der Waals surface area contributed by atoms with Crippen molar-refractivity contribution in [3.63, 3.8) is 0 Å². The fraction of sp³-hybridized carbons (Fsp3) is 0.462. The number of carbonyl (C=O) groups is 1. The maximum absolute atomic E-state index is 12.0. The number of hydrogen-bond donors (Lipinski definition) is 0. The Bertz CT molecular complexity index is 423. The normalized spacial score (nSPS) is 18.2. The summed E-state index contributed by atoms with van der Waals surface area (Å²) in [6.07, 6.45) is 1.37. The van der Waals surface area contributed by atoms with Crippen LogP contribution >= 0.6 is 0 Å². The number of ether oxygens (including phenoxy) is 2. The van der Waals surface area contributed by atoms with Crippen LogP contribution in [-0.4, -0.2) is 19.0 Å². The molecule has 0 amide bonds. The van der Waals surface area contributed by atoms with Crippen LogP contribution < -0.4 is 9.47 Å². The molecule has 0 N–H and O–H groups in total. The van der Waals surface area contributed by atoms with Crippen LogP contribution in [0.15, 0.2) is 12.1 Å². The van der Waals surface area contributed by atoms with E-state index < -0.39 is 0 Å². The molecule has 2 rings (SSSR count). The van der Waals surface area contributed by atoms with Gasteiger partial charge in [-0.15, -0.1) is 0 Å². The number of benzene rings is 1.